The van der Waals surface area contributed by atoms with Gasteiger partial charge in [0.1, 0.15) is 5.69 Å². The van der Waals surface area contributed by atoms with Gasteiger partial charge in [-0.3, -0.25) is 14.5 Å². The number of hydrogen-bond acceptors (Lipinski definition) is 5. The van der Waals surface area contributed by atoms with Crippen LogP contribution >= 0.6 is 0 Å². The number of aliphatic hydroxyl groups is 1. The summed E-state index contributed by atoms with van der Waals surface area (Å²) in [6.07, 6.45) is 1.60. The molecule has 1 N–H and O–H groups in total. The minimum absolute atomic E-state index is 0.0853. The number of rotatable bonds is 5. The van der Waals surface area contributed by atoms with Crippen LogP contribution in [0.3, 0.4) is 0 Å². The van der Waals surface area contributed by atoms with Gasteiger partial charge in [0.15, 0.2) is 0 Å². The van der Waals surface area contributed by atoms with E-state index in [-0.39, 0.29) is 42.5 Å². The highest BCUT2D eigenvalue weighted by atomic mass is 16.5. The van der Waals surface area contributed by atoms with Crippen molar-refractivity contribution in [2.75, 3.05) is 40.3 Å². The third-order valence-corrected chi connectivity index (χ3v) is 8.86. The summed E-state index contributed by atoms with van der Waals surface area (Å²) in [4.78, 5) is 33.5. The lowest BCUT2D eigenvalue weighted by Crippen LogP contribution is -2.49. The summed E-state index contributed by atoms with van der Waals surface area (Å²) in [6, 6.07) is 15.7. The number of amides is 2. The summed E-state index contributed by atoms with van der Waals surface area (Å²) >= 11 is 0. The molecule has 4 atom stereocenters. The van der Waals surface area contributed by atoms with Crippen LogP contribution in [0.2, 0.25) is 0 Å². The van der Waals surface area contributed by atoms with Gasteiger partial charge >= 0.3 is 0 Å². The lowest BCUT2D eigenvalue weighted by Gasteiger charge is -2.35. The van der Waals surface area contributed by atoms with Crippen molar-refractivity contribution in [1.29, 1.82) is 0 Å². The molecule has 0 radical (unpaired) electrons. The number of ether oxygens (including phenoxy) is 1. The van der Waals surface area contributed by atoms with E-state index in [0.717, 1.165) is 47.0 Å². The van der Waals surface area contributed by atoms with E-state index >= 15 is 0 Å². The average Bonchev–Trinajstić information content (AvgIpc) is 3.52. The Kier molecular flexibility index (Phi) is 8.31. The summed E-state index contributed by atoms with van der Waals surface area (Å²) in [6.45, 7) is 5.92. The molecule has 2 aliphatic rings. The lowest BCUT2D eigenvalue weighted by atomic mass is 9.96. The van der Waals surface area contributed by atoms with Crippen molar-refractivity contribution in [2.24, 2.45) is 13.0 Å². The van der Waals surface area contributed by atoms with E-state index in [9.17, 15) is 14.7 Å². The van der Waals surface area contributed by atoms with E-state index in [4.69, 9.17) is 4.74 Å². The number of para-hydroxylation sites is 1. The molecule has 2 amide bonds. The largest absolute Gasteiger partial charge is 0.394 e. The first-order valence-electron chi connectivity index (χ1n) is 14.4. The van der Waals surface area contributed by atoms with Gasteiger partial charge in [-0.1, -0.05) is 49.4 Å². The van der Waals surface area contributed by atoms with Crippen LogP contribution in [-0.2, 0) is 23.2 Å². The molecule has 3 aromatic rings. The Hall–Kier alpha value is -3.20. The summed E-state index contributed by atoms with van der Waals surface area (Å²) in [5.41, 5.74) is 4.44. The number of likely N-dealkylation sites (N-methyl/N-ethyl adjacent to an activating group) is 2. The predicted octanol–water partition coefficient (Wildman–Crippen LogP) is 3.76. The molecule has 0 aliphatic carbocycles. The number of benzene rings is 2. The van der Waals surface area contributed by atoms with Crippen molar-refractivity contribution < 1.29 is 19.4 Å². The molecule has 1 fully saturated rings. The first-order valence-corrected chi connectivity index (χ1v) is 14.4. The van der Waals surface area contributed by atoms with E-state index in [0.29, 0.717) is 25.4 Å². The lowest BCUT2D eigenvalue weighted by molar-refractivity contribution is -0.137. The molecular formula is C32H42N4O4. The second-order valence-electron chi connectivity index (χ2n) is 11.6. The molecule has 0 saturated carbocycles. The fraction of sp³-hybridized carbons (Fsp3) is 0.500. The molecule has 3 heterocycles. The van der Waals surface area contributed by atoms with Crippen LogP contribution in [-0.4, -0.2) is 94.7 Å². The number of carbonyl (C=O) groups is 2. The Balaban J connectivity index is 1.58. The molecule has 0 unspecified atom stereocenters. The summed E-state index contributed by atoms with van der Waals surface area (Å²) in [5, 5.41) is 11.2. The fourth-order valence-corrected chi connectivity index (χ4v) is 6.36. The van der Waals surface area contributed by atoms with Crippen molar-refractivity contribution in [3.05, 3.63) is 59.8 Å². The molecular weight excluding hydrogens is 504 g/mol. The van der Waals surface area contributed by atoms with Crippen LogP contribution in [0.15, 0.2) is 48.5 Å². The number of aliphatic hydroxyl groups excluding tert-OH is 1. The van der Waals surface area contributed by atoms with Crippen LogP contribution in [0, 0.1) is 5.92 Å². The highest BCUT2D eigenvalue weighted by Crippen LogP contribution is 2.38. The molecule has 0 bridgehead atoms. The van der Waals surface area contributed by atoms with Gasteiger partial charge in [0.05, 0.1) is 31.4 Å². The Bertz CT molecular complexity index is 1380. The van der Waals surface area contributed by atoms with Gasteiger partial charge in [-0.25, -0.2) is 0 Å². The molecule has 0 spiro atoms. The first-order chi connectivity index (χ1) is 19.2. The highest BCUT2D eigenvalue weighted by Gasteiger charge is 2.35. The van der Waals surface area contributed by atoms with Crippen molar-refractivity contribution >= 4 is 22.7 Å². The van der Waals surface area contributed by atoms with Gasteiger partial charge in [-0.05, 0) is 50.6 Å². The van der Waals surface area contributed by atoms with E-state index < -0.39 is 0 Å². The smallest absolute Gasteiger partial charge is 0.271 e. The number of aromatic nitrogens is 1. The molecule has 1 saturated heterocycles. The van der Waals surface area contributed by atoms with Crippen LogP contribution in [0.5, 0.6) is 0 Å². The van der Waals surface area contributed by atoms with Gasteiger partial charge in [0.2, 0.25) is 5.91 Å². The van der Waals surface area contributed by atoms with Crippen molar-refractivity contribution in [2.45, 2.75) is 51.5 Å². The summed E-state index contributed by atoms with van der Waals surface area (Å²) in [5.74, 6) is -0.0893. The topological polar surface area (TPSA) is 78.2 Å². The zero-order valence-corrected chi connectivity index (χ0v) is 24.3. The number of nitrogens with zero attached hydrogens (tertiary/aromatic N) is 4. The predicted molar refractivity (Wildman–Crippen MR) is 157 cm³/mol. The number of carbonyl (C=O) groups excluding carboxylic acids is 2. The zero-order valence-electron chi connectivity index (χ0n) is 24.3. The summed E-state index contributed by atoms with van der Waals surface area (Å²) < 4.78 is 8.62. The standard InChI is InChI=1S/C32H42N4O4/c1-21-17-36(22(2)19-37)32(39)30-29(25-13-8-9-14-26(25)35(30)5)24-12-7-6-11-23(24)20-40-28(21)18-34(4)31(38)27-15-10-16-33(27)3/h6-9,11-14,21-22,27-28,37H,10,15-20H2,1-5H3/t21-,22+,27+,28-/m0/s1. The normalized spacial score (nSPS) is 23.0. The quantitative estimate of drug-likeness (QED) is 0.528. The van der Waals surface area contributed by atoms with E-state index in [1.54, 1.807) is 9.80 Å². The molecule has 214 valence electrons. The number of aryl methyl sites for hydroxylation is 1. The number of likely N-dealkylation sites (tertiary alicyclic amines) is 1. The van der Waals surface area contributed by atoms with Crippen LogP contribution in [0.1, 0.15) is 42.7 Å². The Morgan fingerprint density at radius 1 is 1.15 bits per heavy atom. The first kappa shape index (κ1) is 28.3. The van der Waals surface area contributed by atoms with Crippen molar-refractivity contribution in [1.82, 2.24) is 19.3 Å². The Labute approximate surface area is 237 Å². The summed E-state index contributed by atoms with van der Waals surface area (Å²) in [7, 11) is 5.80. The molecule has 8 heteroatoms. The van der Waals surface area contributed by atoms with Crippen molar-refractivity contribution in [3.63, 3.8) is 0 Å². The third kappa shape index (κ3) is 5.16. The molecule has 1 aromatic heterocycles. The van der Waals surface area contributed by atoms with Crippen LogP contribution < -0.4 is 0 Å². The van der Waals surface area contributed by atoms with Crippen molar-refractivity contribution in [3.8, 4) is 11.1 Å². The third-order valence-electron chi connectivity index (χ3n) is 8.86. The molecule has 40 heavy (non-hydrogen) atoms. The van der Waals surface area contributed by atoms with Gasteiger partial charge < -0.3 is 24.2 Å². The van der Waals surface area contributed by atoms with Crippen LogP contribution in [0.4, 0.5) is 0 Å². The maximum Gasteiger partial charge on any atom is 0.271 e. The van der Waals surface area contributed by atoms with Gasteiger partial charge in [0.25, 0.3) is 5.91 Å². The number of fused-ring (bicyclic) bond motifs is 5. The van der Waals surface area contributed by atoms with E-state index in [1.807, 2.05) is 63.0 Å². The van der Waals surface area contributed by atoms with Gasteiger partial charge in [0, 0.05) is 49.6 Å². The minimum Gasteiger partial charge on any atom is -0.394 e. The minimum atomic E-state index is -0.385. The highest BCUT2D eigenvalue weighted by molar-refractivity contribution is 6.10. The second-order valence-corrected chi connectivity index (χ2v) is 11.6. The monoisotopic (exact) mass is 546 g/mol. The second kappa shape index (κ2) is 11.7. The maximum atomic E-state index is 14.4. The average molecular weight is 547 g/mol. The SMILES string of the molecule is C[C@H](CO)N1C[C@H](C)[C@H](CN(C)C(=O)[C@H]2CCCN2C)OCc2ccccc2-c2c(n(C)c3ccccc23)C1=O. The fourth-order valence-electron chi connectivity index (χ4n) is 6.36. The number of hydrogen-bond donors (Lipinski definition) is 1. The van der Waals surface area contributed by atoms with Gasteiger partial charge in [-0.2, -0.15) is 0 Å². The Morgan fingerprint density at radius 3 is 2.60 bits per heavy atom. The Morgan fingerprint density at radius 2 is 1.88 bits per heavy atom. The molecule has 5 rings (SSSR count). The van der Waals surface area contributed by atoms with E-state index in [2.05, 4.69) is 30.0 Å². The van der Waals surface area contributed by atoms with E-state index in [1.165, 1.54) is 0 Å². The van der Waals surface area contributed by atoms with Crippen LogP contribution in [0.25, 0.3) is 22.0 Å². The maximum absolute atomic E-state index is 14.4. The zero-order chi connectivity index (χ0) is 28.6. The molecule has 2 aromatic carbocycles. The molecule has 8 nitrogen and oxygen atoms in total. The molecule has 2 aliphatic heterocycles. The van der Waals surface area contributed by atoms with Gasteiger partial charge in [-0.15, -0.1) is 0 Å².